The van der Waals surface area contributed by atoms with Crippen LogP contribution in [-0.4, -0.2) is 25.7 Å². The van der Waals surface area contributed by atoms with E-state index in [-0.39, 0.29) is 5.91 Å². The number of rotatable bonds is 4. The van der Waals surface area contributed by atoms with Gasteiger partial charge in [0.05, 0.1) is 18.3 Å². The van der Waals surface area contributed by atoms with Crippen LogP contribution in [0, 0.1) is 27.7 Å². The van der Waals surface area contributed by atoms with Crippen molar-refractivity contribution >= 4 is 33.3 Å². The third-order valence-corrected chi connectivity index (χ3v) is 6.05. The van der Waals surface area contributed by atoms with E-state index < -0.39 is 0 Å². The van der Waals surface area contributed by atoms with Gasteiger partial charge in [0.2, 0.25) is 5.91 Å². The maximum Gasteiger partial charge on any atom is 0.230 e. The molecule has 0 atom stereocenters. The molecule has 4 rings (SSSR count). The Morgan fingerprint density at radius 3 is 2.68 bits per heavy atom. The molecule has 2 N–H and O–H groups in total. The number of carbonyl (C=O) groups is 1. The van der Waals surface area contributed by atoms with E-state index in [4.69, 9.17) is 0 Å². The molecule has 6 nitrogen and oxygen atoms in total. The highest BCUT2D eigenvalue weighted by atomic mass is 32.1. The number of anilines is 1. The van der Waals surface area contributed by atoms with E-state index in [2.05, 4.69) is 46.4 Å². The van der Waals surface area contributed by atoms with Crippen molar-refractivity contribution < 1.29 is 4.79 Å². The Kier molecular flexibility index (Phi) is 4.55. The van der Waals surface area contributed by atoms with Crippen LogP contribution >= 0.6 is 11.3 Å². The van der Waals surface area contributed by atoms with Gasteiger partial charge < -0.3 is 10.3 Å². The van der Waals surface area contributed by atoms with E-state index in [0.717, 1.165) is 39.1 Å². The summed E-state index contributed by atoms with van der Waals surface area (Å²) in [6.07, 6.45) is 2.12. The fourth-order valence-corrected chi connectivity index (χ4v) is 4.29. The van der Waals surface area contributed by atoms with Gasteiger partial charge in [0.15, 0.2) is 5.13 Å². The summed E-state index contributed by atoms with van der Waals surface area (Å²) >= 11 is 1.43. The van der Waals surface area contributed by atoms with Crippen LogP contribution in [0.5, 0.6) is 0 Å². The Hall–Kier alpha value is -2.93. The van der Waals surface area contributed by atoms with Gasteiger partial charge in [0.1, 0.15) is 0 Å². The Morgan fingerprint density at radius 2 is 1.96 bits per heavy atom. The number of H-pyrrole nitrogens is 1. The summed E-state index contributed by atoms with van der Waals surface area (Å²) in [7, 11) is 1.90. The maximum atomic E-state index is 12.7. The molecule has 0 unspecified atom stereocenters. The van der Waals surface area contributed by atoms with Crippen molar-refractivity contribution in [2.75, 3.05) is 5.32 Å². The first-order valence-electron chi connectivity index (χ1n) is 9.17. The first-order valence-corrected chi connectivity index (χ1v) is 10.0. The molecule has 0 aliphatic rings. The summed E-state index contributed by atoms with van der Waals surface area (Å²) in [4.78, 5) is 20.7. The molecule has 7 heteroatoms. The Labute approximate surface area is 167 Å². The van der Waals surface area contributed by atoms with Crippen molar-refractivity contribution in [1.82, 2.24) is 19.7 Å². The summed E-state index contributed by atoms with van der Waals surface area (Å²) in [6.45, 7) is 8.19. The number of aromatic amines is 1. The van der Waals surface area contributed by atoms with E-state index in [0.29, 0.717) is 11.6 Å². The molecular weight excluding hydrogens is 370 g/mol. The van der Waals surface area contributed by atoms with Crippen molar-refractivity contribution in [1.29, 1.82) is 0 Å². The second-order valence-electron chi connectivity index (χ2n) is 7.21. The van der Waals surface area contributed by atoms with Crippen molar-refractivity contribution in [2.45, 2.75) is 34.1 Å². The Morgan fingerprint density at radius 1 is 1.21 bits per heavy atom. The molecule has 1 amide bonds. The summed E-state index contributed by atoms with van der Waals surface area (Å²) in [5, 5.41) is 10.9. The third kappa shape index (κ3) is 3.11. The molecule has 28 heavy (non-hydrogen) atoms. The van der Waals surface area contributed by atoms with Crippen molar-refractivity contribution in [3.05, 3.63) is 51.8 Å². The molecule has 3 aromatic heterocycles. The molecule has 3 heterocycles. The van der Waals surface area contributed by atoms with E-state index in [1.54, 1.807) is 6.20 Å². The number of carbonyl (C=O) groups excluding carboxylic acids is 1. The molecule has 1 aromatic carbocycles. The smallest absolute Gasteiger partial charge is 0.230 e. The van der Waals surface area contributed by atoms with Gasteiger partial charge >= 0.3 is 0 Å². The maximum absolute atomic E-state index is 12.7. The van der Waals surface area contributed by atoms with Gasteiger partial charge in [-0.1, -0.05) is 12.1 Å². The van der Waals surface area contributed by atoms with E-state index in [9.17, 15) is 4.79 Å². The minimum atomic E-state index is -0.0614. The van der Waals surface area contributed by atoms with Crippen molar-refractivity contribution in [3.63, 3.8) is 0 Å². The second-order valence-corrected chi connectivity index (χ2v) is 8.07. The van der Waals surface area contributed by atoms with Gasteiger partial charge in [-0.3, -0.25) is 9.48 Å². The first-order chi connectivity index (χ1) is 13.3. The largest absolute Gasteiger partial charge is 0.358 e. The topological polar surface area (TPSA) is 75.6 Å². The zero-order valence-electron chi connectivity index (χ0n) is 16.7. The van der Waals surface area contributed by atoms with Crippen LogP contribution < -0.4 is 5.32 Å². The molecule has 0 radical (unpaired) electrons. The predicted octanol–water partition coefficient (Wildman–Crippen LogP) is 4.44. The molecule has 144 valence electrons. The summed E-state index contributed by atoms with van der Waals surface area (Å²) < 4.78 is 1.82. The standard InChI is InChI=1S/C21H23N5OS/c1-11-6-7-12(2)20-19(11)15(13(3)23-20)8-18(27)25-21-24-17(10-28-21)16-9-22-26(5)14(16)4/h6-7,9-10,23H,8H2,1-5H3,(H,24,25,27). The van der Waals surface area contributed by atoms with E-state index >= 15 is 0 Å². The minimum Gasteiger partial charge on any atom is -0.358 e. The zero-order valence-corrected chi connectivity index (χ0v) is 17.5. The lowest BCUT2D eigenvalue weighted by molar-refractivity contribution is -0.115. The molecule has 0 bridgehead atoms. The normalized spacial score (nSPS) is 11.3. The number of thiazole rings is 1. The molecule has 4 aromatic rings. The third-order valence-electron chi connectivity index (χ3n) is 5.29. The fraction of sp³-hybridized carbons (Fsp3) is 0.286. The van der Waals surface area contributed by atoms with Crippen LogP contribution in [-0.2, 0) is 18.3 Å². The van der Waals surface area contributed by atoms with Crippen LogP contribution in [0.4, 0.5) is 5.13 Å². The first kappa shape index (κ1) is 18.4. The van der Waals surface area contributed by atoms with Crippen LogP contribution in [0.15, 0.2) is 23.7 Å². The van der Waals surface area contributed by atoms with Crippen molar-refractivity contribution in [3.8, 4) is 11.3 Å². The molecule has 0 aliphatic carbocycles. The lowest BCUT2D eigenvalue weighted by Crippen LogP contribution is -2.14. The number of nitrogens with zero attached hydrogens (tertiary/aromatic N) is 3. The van der Waals surface area contributed by atoms with Crippen LogP contribution in [0.1, 0.15) is 28.1 Å². The quantitative estimate of drug-likeness (QED) is 0.538. The minimum absolute atomic E-state index is 0.0614. The summed E-state index contributed by atoms with van der Waals surface area (Å²) in [5.74, 6) is -0.0614. The molecule has 0 saturated heterocycles. The monoisotopic (exact) mass is 393 g/mol. The van der Waals surface area contributed by atoms with Gasteiger partial charge in [0, 0.05) is 40.3 Å². The number of aryl methyl sites for hydroxylation is 4. The number of fused-ring (bicyclic) bond motifs is 1. The molecule has 0 spiro atoms. The highest BCUT2D eigenvalue weighted by Gasteiger charge is 2.17. The number of hydrogen-bond acceptors (Lipinski definition) is 4. The highest BCUT2D eigenvalue weighted by Crippen LogP contribution is 2.30. The number of amides is 1. The van der Waals surface area contributed by atoms with E-state index in [1.807, 2.05) is 31.0 Å². The number of nitrogens with one attached hydrogen (secondary N) is 2. The average Bonchev–Trinajstić information content (AvgIpc) is 3.32. The van der Waals surface area contributed by atoms with E-state index in [1.165, 1.54) is 22.5 Å². The Bertz CT molecular complexity index is 1200. The van der Waals surface area contributed by atoms with Gasteiger partial charge in [-0.25, -0.2) is 4.98 Å². The lowest BCUT2D eigenvalue weighted by atomic mass is 10.0. The predicted molar refractivity (Wildman–Crippen MR) is 114 cm³/mol. The van der Waals surface area contributed by atoms with Crippen molar-refractivity contribution in [2.24, 2.45) is 7.05 Å². The summed E-state index contributed by atoms with van der Waals surface area (Å²) in [5.41, 5.74) is 8.43. The summed E-state index contributed by atoms with van der Waals surface area (Å²) in [6, 6.07) is 4.21. The van der Waals surface area contributed by atoms with Crippen LogP contribution in [0.2, 0.25) is 0 Å². The molecular formula is C21H23N5OS. The number of benzene rings is 1. The van der Waals surface area contributed by atoms with Crippen LogP contribution in [0.3, 0.4) is 0 Å². The zero-order chi connectivity index (χ0) is 20.0. The second kappa shape index (κ2) is 6.91. The van der Waals surface area contributed by atoms with Gasteiger partial charge in [-0.15, -0.1) is 11.3 Å². The number of hydrogen-bond donors (Lipinski definition) is 2. The van der Waals surface area contributed by atoms with Gasteiger partial charge in [-0.05, 0) is 44.4 Å². The van der Waals surface area contributed by atoms with Crippen LogP contribution in [0.25, 0.3) is 22.2 Å². The molecule has 0 saturated carbocycles. The van der Waals surface area contributed by atoms with Gasteiger partial charge in [0.25, 0.3) is 0 Å². The fourth-order valence-electron chi connectivity index (χ4n) is 3.56. The van der Waals surface area contributed by atoms with Gasteiger partial charge in [-0.2, -0.15) is 5.10 Å². The Balaban J connectivity index is 1.56. The SMILES string of the molecule is Cc1[nH]c2c(C)ccc(C)c2c1CC(=O)Nc1nc(-c2cnn(C)c2C)cs1. The number of aromatic nitrogens is 4. The molecule has 0 aliphatic heterocycles. The highest BCUT2D eigenvalue weighted by molar-refractivity contribution is 7.14. The average molecular weight is 394 g/mol. The molecule has 0 fully saturated rings. The lowest BCUT2D eigenvalue weighted by Gasteiger charge is -2.05.